The van der Waals surface area contributed by atoms with Crippen LogP contribution in [0.15, 0.2) is 0 Å². The van der Waals surface area contributed by atoms with Gasteiger partial charge in [0.05, 0.1) is 12.1 Å². The highest BCUT2D eigenvalue weighted by molar-refractivity contribution is 6.74. The van der Waals surface area contributed by atoms with Gasteiger partial charge in [-0.05, 0) is 64.7 Å². The summed E-state index contributed by atoms with van der Waals surface area (Å²) in [5.41, 5.74) is -0.469. The zero-order valence-electron chi connectivity index (χ0n) is 17.4. The molecule has 0 bridgehead atoms. The summed E-state index contributed by atoms with van der Waals surface area (Å²) in [5, 5.41) is 3.74. The van der Waals surface area contributed by atoms with Crippen LogP contribution in [0.25, 0.3) is 0 Å². The number of ether oxygens (including phenoxy) is 1. The largest absolute Gasteiger partial charge is 0.444 e. The smallest absolute Gasteiger partial charge is 0.410 e. The Labute approximate surface area is 154 Å². The first kappa shape index (κ1) is 20.7. The molecule has 2 saturated heterocycles. The van der Waals surface area contributed by atoms with Gasteiger partial charge >= 0.3 is 6.09 Å². The van der Waals surface area contributed by atoms with Gasteiger partial charge in [-0.1, -0.05) is 20.8 Å². The Morgan fingerprint density at radius 3 is 2.28 bits per heavy atom. The van der Waals surface area contributed by atoms with Crippen LogP contribution in [-0.4, -0.2) is 56.2 Å². The number of rotatable bonds is 3. The molecular weight excluding hydrogens is 332 g/mol. The van der Waals surface area contributed by atoms with E-state index in [4.69, 9.17) is 9.16 Å². The van der Waals surface area contributed by atoms with Gasteiger partial charge in [0.15, 0.2) is 8.32 Å². The fourth-order valence-corrected chi connectivity index (χ4v) is 4.81. The van der Waals surface area contributed by atoms with Crippen molar-refractivity contribution in [3.05, 3.63) is 0 Å². The predicted molar refractivity (Wildman–Crippen MR) is 104 cm³/mol. The van der Waals surface area contributed by atoms with Crippen LogP contribution >= 0.6 is 0 Å². The molecule has 2 aliphatic rings. The molecule has 2 aliphatic heterocycles. The third-order valence-corrected chi connectivity index (χ3v) is 10.3. The van der Waals surface area contributed by atoms with Crippen molar-refractivity contribution in [2.24, 2.45) is 0 Å². The Bertz CT molecular complexity index is 476. The van der Waals surface area contributed by atoms with Crippen LogP contribution in [-0.2, 0) is 9.16 Å². The number of nitrogens with one attached hydrogen (secondary N) is 1. The Morgan fingerprint density at radius 2 is 1.80 bits per heavy atom. The lowest BCUT2D eigenvalue weighted by atomic mass is 10.0. The molecule has 1 N–H and O–H groups in total. The van der Waals surface area contributed by atoms with Crippen molar-refractivity contribution in [3.63, 3.8) is 0 Å². The van der Waals surface area contributed by atoms with Crippen molar-refractivity contribution >= 4 is 14.4 Å². The average molecular weight is 371 g/mol. The number of nitrogens with zero attached hydrogens (tertiary/aromatic N) is 1. The number of likely N-dealkylation sites (tertiary alicyclic amines) is 1. The van der Waals surface area contributed by atoms with Crippen LogP contribution in [0.2, 0.25) is 18.1 Å². The third kappa shape index (κ3) is 5.20. The van der Waals surface area contributed by atoms with Gasteiger partial charge in [0, 0.05) is 12.6 Å². The lowest BCUT2D eigenvalue weighted by molar-refractivity contribution is 0.0187. The van der Waals surface area contributed by atoms with Gasteiger partial charge in [-0.25, -0.2) is 4.79 Å². The molecule has 0 aromatic heterocycles. The highest BCUT2D eigenvalue weighted by Gasteiger charge is 2.46. The molecule has 25 heavy (non-hydrogen) atoms. The molecule has 3 atom stereocenters. The van der Waals surface area contributed by atoms with E-state index in [1.165, 1.54) is 6.42 Å². The van der Waals surface area contributed by atoms with Gasteiger partial charge in [0.2, 0.25) is 0 Å². The molecule has 2 rings (SSSR count). The SMILES string of the molecule is CC(C)(C)OC(=O)N1C[C@H](O[Si](C)(C)C(C)(C)C)C[C@H]1C1CCCN1. The van der Waals surface area contributed by atoms with E-state index >= 15 is 0 Å². The molecule has 0 aromatic rings. The van der Waals surface area contributed by atoms with Gasteiger partial charge in [-0.3, -0.25) is 0 Å². The molecule has 0 saturated carbocycles. The topological polar surface area (TPSA) is 50.8 Å². The first-order valence-corrected chi connectivity index (χ1v) is 12.6. The van der Waals surface area contributed by atoms with Crippen molar-refractivity contribution in [3.8, 4) is 0 Å². The predicted octanol–water partition coefficient (Wildman–Crippen LogP) is 4.14. The summed E-state index contributed by atoms with van der Waals surface area (Å²) in [6, 6.07) is 0.535. The fourth-order valence-electron chi connectivity index (χ4n) is 3.46. The van der Waals surface area contributed by atoms with Crippen molar-refractivity contribution in [2.75, 3.05) is 13.1 Å². The molecule has 146 valence electrons. The Hall–Kier alpha value is -0.593. The first-order chi connectivity index (χ1) is 11.3. The quantitative estimate of drug-likeness (QED) is 0.759. The Kier molecular flexibility index (Phi) is 5.96. The van der Waals surface area contributed by atoms with E-state index in [0.29, 0.717) is 12.6 Å². The molecule has 1 amide bonds. The molecule has 2 fully saturated rings. The number of carbonyl (C=O) groups is 1. The van der Waals surface area contributed by atoms with Crippen LogP contribution in [0.1, 0.15) is 60.8 Å². The lowest BCUT2D eigenvalue weighted by Gasteiger charge is -2.38. The van der Waals surface area contributed by atoms with Crippen molar-refractivity contribution in [1.29, 1.82) is 0 Å². The molecule has 6 heteroatoms. The number of hydrogen-bond donors (Lipinski definition) is 1. The third-order valence-electron chi connectivity index (χ3n) is 5.76. The van der Waals surface area contributed by atoms with Gasteiger partial charge in [0.1, 0.15) is 5.60 Å². The van der Waals surface area contributed by atoms with Crippen molar-refractivity contribution in [1.82, 2.24) is 10.2 Å². The maximum Gasteiger partial charge on any atom is 0.410 e. The lowest BCUT2D eigenvalue weighted by Crippen LogP contribution is -2.48. The van der Waals surface area contributed by atoms with Crippen LogP contribution in [0.3, 0.4) is 0 Å². The summed E-state index contributed by atoms with van der Waals surface area (Å²) in [7, 11) is -1.85. The molecule has 2 heterocycles. The molecule has 0 aromatic carbocycles. The summed E-state index contributed by atoms with van der Waals surface area (Å²) >= 11 is 0. The molecule has 0 aliphatic carbocycles. The van der Waals surface area contributed by atoms with E-state index in [9.17, 15) is 4.79 Å². The molecule has 0 radical (unpaired) electrons. The van der Waals surface area contributed by atoms with E-state index in [0.717, 1.165) is 19.4 Å². The average Bonchev–Trinajstić information content (AvgIpc) is 3.02. The van der Waals surface area contributed by atoms with Gasteiger partial charge in [0.25, 0.3) is 0 Å². The van der Waals surface area contributed by atoms with E-state index in [-0.39, 0.29) is 23.3 Å². The molecular formula is C19H38N2O3Si. The normalized spacial score (nSPS) is 28.5. The van der Waals surface area contributed by atoms with Gasteiger partial charge < -0.3 is 19.4 Å². The zero-order chi connectivity index (χ0) is 19.0. The van der Waals surface area contributed by atoms with E-state index in [2.05, 4.69) is 39.2 Å². The number of hydrogen-bond acceptors (Lipinski definition) is 4. The standard InChI is InChI=1S/C19H38N2O3Si/c1-18(2,3)23-17(22)21-13-14(24-25(7,8)19(4,5)6)12-16(21)15-10-9-11-20-15/h14-16,20H,9-13H2,1-8H3/t14-,15?,16+/m1/s1. The second-order valence-electron chi connectivity index (χ2n) is 10.1. The minimum atomic E-state index is -1.85. The summed E-state index contributed by atoms with van der Waals surface area (Å²) in [4.78, 5) is 14.7. The van der Waals surface area contributed by atoms with Crippen LogP contribution in [0.4, 0.5) is 4.79 Å². The van der Waals surface area contributed by atoms with E-state index < -0.39 is 13.9 Å². The van der Waals surface area contributed by atoms with Crippen molar-refractivity contribution < 1.29 is 14.0 Å². The summed E-state index contributed by atoms with van der Waals surface area (Å²) in [6.45, 7) is 18.8. The van der Waals surface area contributed by atoms with Gasteiger partial charge in [-0.15, -0.1) is 0 Å². The molecule has 5 nitrogen and oxygen atoms in total. The second-order valence-corrected chi connectivity index (χ2v) is 14.9. The maximum atomic E-state index is 12.8. The zero-order valence-corrected chi connectivity index (χ0v) is 18.4. The second kappa shape index (κ2) is 7.20. The summed E-state index contributed by atoms with van der Waals surface area (Å²) in [6.07, 6.45) is 3.12. The number of carbonyl (C=O) groups excluding carboxylic acids is 1. The summed E-state index contributed by atoms with van der Waals surface area (Å²) < 4.78 is 12.3. The number of amides is 1. The first-order valence-electron chi connectivity index (χ1n) is 9.71. The Morgan fingerprint density at radius 1 is 1.16 bits per heavy atom. The minimum Gasteiger partial charge on any atom is -0.444 e. The maximum absolute atomic E-state index is 12.8. The highest BCUT2D eigenvalue weighted by atomic mass is 28.4. The van der Waals surface area contributed by atoms with Crippen LogP contribution in [0.5, 0.6) is 0 Å². The highest BCUT2D eigenvalue weighted by Crippen LogP contribution is 2.39. The Balaban J connectivity index is 2.12. The fraction of sp³-hybridized carbons (Fsp3) is 0.947. The van der Waals surface area contributed by atoms with E-state index in [1.54, 1.807) is 0 Å². The molecule has 1 unspecified atom stereocenters. The molecule has 0 spiro atoms. The van der Waals surface area contributed by atoms with E-state index in [1.807, 2.05) is 25.7 Å². The van der Waals surface area contributed by atoms with Crippen molar-refractivity contribution in [2.45, 2.75) is 103 Å². The minimum absolute atomic E-state index is 0.112. The van der Waals surface area contributed by atoms with Crippen LogP contribution < -0.4 is 5.32 Å². The van der Waals surface area contributed by atoms with Crippen LogP contribution in [0, 0.1) is 0 Å². The van der Waals surface area contributed by atoms with Gasteiger partial charge in [-0.2, -0.15) is 0 Å². The monoisotopic (exact) mass is 370 g/mol. The summed E-state index contributed by atoms with van der Waals surface area (Å²) in [5.74, 6) is 0.